The van der Waals surface area contributed by atoms with Crippen LogP contribution in [0.1, 0.15) is 48.7 Å². The van der Waals surface area contributed by atoms with E-state index in [2.05, 4.69) is 0 Å². The van der Waals surface area contributed by atoms with Crippen LogP contribution in [0.3, 0.4) is 0 Å². The zero-order chi connectivity index (χ0) is 13.1. The zero-order valence-electron chi connectivity index (χ0n) is 11.1. The van der Waals surface area contributed by atoms with Crippen molar-refractivity contribution in [2.24, 2.45) is 0 Å². The summed E-state index contributed by atoms with van der Waals surface area (Å²) in [6.07, 6.45) is 4.94. The maximum Gasteiger partial charge on any atom is 0.290 e. The van der Waals surface area contributed by atoms with Crippen LogP contribution in [0.25, 0.3) is 0 Å². The fourth-order valence-corrected chi connectivity index (χ4v) is 2.63. The Balaban J connectivity index is 2.13. The van der Waals surface area contributed by atoms with E-state index in [0.29, 0.717) is 12.2 Å². The molecule has 1 amide bonds. The average molecular weight is 251 g/mol. The van der Waals surface area contributed by atoms with Gasteiger partial charge in [-0.15, -0.1) is 0 Å². The molecular formula is C14H21NO3. The van der Waals surface area contributed by atoms with Crippen LogP contribution in [0.15, 0.2) is 16.7 Å². The quantitative estimate of drug-likeness (QED) is 0.897. The molecule has 2 rings (SSSR count). The van der Waals surface area contributed by atoms with Gasteiger partial charge >= 0.3 is 0 Å². The Hall–Kier alpha value is -1.29. The molecule has 1 N–H and O–H groups in total. The van der Waals surface area contributed by atoms with Gasteiger partial charge in [0.1, 0.15) is 0 Å². The number of hydrogen-bond acceptors (Lipinski definition) is 3. The summed E-state index contributed by atoms with van der Waals surface area (Å²) in [5.74, 6) is 0.398. The highest BCUT2D eigenvalue weighted by Gasteiger charge is 2.30. The molecule has 0 aliphatic carbocycles. The normalized spacial score (nSPS) is 21.9. The molecule has 1 aromatic rings. The van der Waals surface area contributed by atoms with E-state index in [-0.39, 0.29) is 18.1 Å². The number of aliphatic hydroxyl groups excluding tert-OH is 1. The van der Waals surface area contributed by atoms with Gasteiger partial charge in [0.05, 0.1) is 12.4 Å². The lowest BCUT2D eigenvalue weighted by atomic mass is 9.96. The second-order valence-corrected chi connectivity index (χ2v) is 5.17. The standard InChI is InChI=1S/C14H21NO3/c1-10-6-8-18-13(10)14(17)15-7-4-3-5-12(15)9-11(2)16/h6,8,11-12,16H,3-5,7,9H2,1-2H3. The lowest BCUT2D eigenvalue weighted by Gasteiger charge is -2.36. The molecule has 4 heteroatoms. The molecule has 2 heterocycles. The van der Waals surface area contributed by atoms with Crippen molar-refractivity contribution in [3.05, 3.63) is 23.7 Å². The van der Waals surface area contributed by atoms with E-state index >= 15 is 0 Å². The zero-order valence-corrected chi connectivity index (χ0v) is 11.1. The minimum absolute atomic E-state index is 0.0390. The number of carbonyl (C=O) groups excluding carboxylic acids is 1. The second-order valence-electron chi connectivity index (χ2n) is 5.17. The maximum atomic E-state index is 12.4. The Morgan fingerprint density at radius 2 is 2.39 bits per heavy atom. The Labute approximate surface area is 108 Å². The summed E-state index contributed by atoms with van der Waals surface area (Å²) >= 11 is 0. The highest BCUT2D eigenvalue weighted by molar-refractivity contribution is 5.93. The molecule has 0 radical (unpaired) electrons. The van der Waals surface area contributed by atoms with Gasteiger partial charge in [0.15, 0.2) is 5.76 Å². The first kappa shape index (κ1) is 13.1. The fraction of sp³-hybridized carbons (Fsp3) is 0.643. The third-order valence-electron chi connectivity index (χ3n) is 3.56. The van der Waals surface area contributed by atoms with Crippen LogP contribution in [0.4, 0.5) is 0 Å². The summed E-state index contributed by atoms with van der Waals surface area (Å²) in [6.45, 7) is 4.41. The van der Waals surface area contributed by atoms with E-state index < -0.39 is 0 Å². The van der Waals surface area contributed by atoms with Crippen LogP contribution in [0.2, 0.25) is 0 Å². The van der Waals surface area contributed by atoms with Crippen LogP contribution in [0, 0.1) is 6.92 Å². The fourth-order valence-electron chi connectivity index (χ4n) is 2.63. The van der Waals surface area contributed by atoms with Crippen LogP contribution in [-0.2, 0) is 0 Å². The first-order valence-corrected chi connectivity index (χ1v) is 6.62. The lowest BCUT2D eigenvalue weighted by molar-refractivity contribution is 0.0484. The SMILES string of the molecule is Cc1ccoc1C(=O)N1CCCCC1CC(C)O. The molecular weight excluding hydrogens is 230 g/mol. The average Bonchev–Trinajstić information content (AvgIpc) is 2.74. The molecule has 1 fully saturated rings. The summed E-state index contributed by atoms with van der Waals surface area (Å²) in [5, 5.41) is 9.53. The van der Waals surface area contributed by atoms with Gasteiger partial charge in [-0.05, 0) is 45.6 Å². The third kappa shape index (κ3) is 2.75. The Kier molecular flexibility index (Phi) is 4.07. The van der Waals surface area contributed by atoms with E-state index in [9.17, 15) is 9.90 Å². The predicted octanol–water partition coefficient (Wildman–Crippen LogP) is 2.35. The molecule has 0 bridgehead atoms. The minimum atomic E-state index is -0.374. The molecule has 0 saturated carbocycles. The van der Waals surface area contributed by atoms with E-state index in [1.165, 1.54) is 0 Å². The van der Waals surface area contributed by atoms with Gasteiger partial charge in [0, 0.05) is 18.2 Å². The van der Waals surface area contributed by atoms with Crippen molar-refractivity contribution < 1.29 is 14.3 Å². The van der Waals surface area contributed by atoms with Crippen molar-refractivity contribution in [3.63, 3.8) is 0 Å². The Morgan fingerprint density at radius 3 is 3.00 bits per heavy atom. The summed E-state index contributed by atoms with van der Waals surface area (Å²) < 4.78 is 5.28. The predicted molar refractivity (Wildman–Crippen MR) is 68.4 cm³/mol. The summed E-state index contributed by atoms with van der Waals surface area (Å²) in [4.78, 5) is 14.3. The highest BCUT2D eigenvalue weighted by Crippen LogP contribution is 2.24. The van der Waals surface area contributed by atoms with Crippen molar-refractivity contribution >= 4 is 5.91 Å². The van der Waals surface area contributed by atoms with E-state index in [0.717, 1.165) is 31.4 Å². The number of aryl methyl sites for hydroxylation is 1. The summed E-state index contributed by atoms with van der Waals surface area (Å²) in [7, 11) is 0. The number of carbonyl (C=O) groups is 1. The molecule has 1 aliphatic rings. The van der Waals surface area contributed by atoms with Crippen molar-refractivity contribution in [1.82, 2.24) is 4.90 Å². The molecule has 1 saturated heterocycles. The maximum absolute atomic E-state index is 12.4. The van der Waals surface area contributed by atoms with Crippen molar-refractivity contribution in [3.8, 4) is 0 Å². The van der Waals surface area contributed by atoms with Crippen molar-refractivity contribution in [1.29, 1.82) is 0 Å². The molecule has 18 heavy (non-hydrogen) atoms. The first-order valence-electron chi connectivity index (χ1n) is 6.62. The van der Waals surface area contributed by atoms with E-state index in [1.807, 2.05) is 11.8 Å². The number of amides is 1. The summed E-state index contributed by atoms with van der Waals surface area (Å²) in [5.41, 5.74) is 0.876. The number of likely N-dealkylation sites (tertiary alicyclic amines) is 1. The highest BCUT2D eigenvalue weighted by atomic mass is 16.3. The van der Waals surface area contributed by atoms with Gasteiger partial charge in [-0.3, -0.25) is 4.79 Å². The molecule has 0 aromatic carbocycles. The molecule has 1 aromatic heterocycles. The number of hydrogen-bond donors (Lipinski definition) is 1. The molecule has 1 aliphatic heterocycles. The second kappa shape index (κ2) is 5.57. The number of piperidine rings is 1. The topological polar surface area (TPSA) is 53.7 Å². The number of furan rings is 1. The molecule has 2 unspecified atom stereocenters. The minimum Gasteiger partial charge on any atom is -0.459 e. The van der Waals surface area contributed by atoms with Crippen molar-refractivity contribution in [2.45, 2.75) is 51.7 Å². The van der Waals surface area contributed by atoms with Gasteiger partial charge in [0.2, 0.25) is 0 Å². The molecule has 4 nitrogen and oxygen atoms in total. The number of rotatable bonds is 3. The summed E-state index contributed by atoms with van der Waals surface area (Å²) in [6, 6.07) is 1.94. The Morgan fingerprint density at radius 1 is 1.61 bits per heavy atom. The van der Waals surface area contributed by atoms with Gasteiger partial charge in [-0.1, -0.05) is 0 Å². The van der Waals surface area contributed by atoms with Crippen LogP contribution in [0.5, 0.6) is 0 Å². The van der Waals surface area contributed by atoms with Gasteiger partial charge < -0.3 is 14.4 Å². The largest absolute Gasteiger partial charge is 0.459 e. The van der Waals surface area contributed by atoms with Crippen LogP contribution >= 0.6 is 0 Å². The van der Waals surface area contributed by atoms with Crippen LogP contribution < -0.4 is 0 Å². The first-order chi connectivity index (χ1) is 8.59. The lowest BCUT2D eigenvalue weighted by Crippen LogP contribution is -2.45. The monoisotopic (exact) mass is 251 g/mol. The third-order valence-corrected chi connectivity index (χ3v) is 3.56. The number of aliphatic hydroxyl groups is 1. The van der Waals surface area contributed by atoms with Crippen LogP contribution in [-0.4, -0.2) is 34.6 Å². The number of nitrogens with zero attached hydrogens (tertiary/aromatic N) is 1. The smallest absolute Gasteiger partial charge is 0.290 e. The Bertz CT molecular complexity index is 411. The molecule has 100 valence electrons. The van der Waals surface area contributed by atoms with E-state index in [4.69, 9.17) is 4.42 Å². The van der Waals surface area contributed by atoms with Gasteiger partial charge in [-0.25, -0.2) is 0 Å². The van der Waals surface area contributed by atoms with E-state index in [1.54, 1.807) is 19.3 Å². The van der Waals surface area contributed by atoms with Crippen molar-refractivity contribution in [2.75, 3.05) is 6.54 Å². The molecule has 2 atom stereocenters. The molecule has 0 spiro atoms. The van der Waals surface area contributed by atoms with Gasteiger partial charge in [0.25, 0.3) is 5.91 Å². The van der Waals surface area contributed by atoms with Gasteiger partial charge in [-0.2, -0.15) is 0 Å².